The van der Waals surface area contributed by atoms with Gasteiger partial charge in [-0.2, -0.15) is 0 Å². The molecular weight excluding hydrogens is 156 g/mol. The zero-order chi connectivity index (χ0) is 9.74. The molecule has 0 aromatic rings. The van der Waals surface area contributed by atoms with Crippen LogP contribution in [0.15, 0.2) is 0 Å². The van der Waals surface area contributed by atoms with E-state index in [0.29, 0.717) is 10.8 Å². The summed E-state index contributed by atoms with van der Waals surface area (Å²) in [4.78, 5) is 0. The van der Waals surface area contributed by atoms with Gasteiger partial charge in [-0.1, -0.05) is 27.7 Å². The standard InChI is InChI=1S/C13H24/c1-11(2,3)13-8-5-12(4,6-9-13)7-10-13/h5-10H2,1-4H3. The molecule has 3 rings (SSSR count). The number of rotatable bonds is 0. The molecule has 76 valence electrons. The first-order valence-electron chi connectivity index (χ1n) is 5.87. The van der Waals surface area contributed by atoms with Gasteiger partial charge in [0.15, 0.2) is 0 Å². The van der Waals surface area contributed by atoms with E-state index in [2.05, 4.69) is 27.7 Å². The number of hydrogen-bond acceptors (Lipinski definition) is 0. The molecule has 2 bridgehead atoms. The molecular formula is C13H24. The maximum Gasteiger partial charge on any atom is -0.0248 e. The van der Waals surface area contributed by atoms with Crippen molar-refractivity contribution < 1.29 is 0 Å². The van der Waals surface area contributed by atoms with Gasteiger partial charge in [-0.05, 0) is 54.8 Å². The maximum atomic E-state index is 2.50. The van der Waals surface area contributed by atoms with E-state index < -0.39 is 0 Å². The Morgan fingerprint density at radius 2 is 1.15 bits per heavy atom. The summed E-state index contributed by atoms with van der Waals surface area (Å²) in [6.07, 6.45) is 8.95. The second-order valence-electron chi connectivity index (χ2n) is 6.84. The van der Waals surface area contributed by atoms with Crippen LogP contribution in [0.1, 0.15) is 66.2 Å². The highest BCUT2D eigenvalue weighted by molar-refractivity contribution is 5.02. The normalized spacial score (nSPS) is 45.2. The van der Waals surface area contributed by atoms with Crippen molar-refractivity contribution in [2.45, 2.75) is 66.2 Å². The molecule has 0 spiro atoms. The first-order chi connectivity index (χ1) is 5.87. The van der Waals surface area contributed by atoms with Crippen molar-refractivity contribution in [3.05, 3.63) is 0 Å². The number of hydrogen-bond donors (Lipinski definition) is 0. The lowest BCUT2D eigenvalue weighted by Gasteiger charge is -2.58. The molecule has 0 aliphatic heterocycles. The molecule has 3 aliphatic carbocycles. The summed E-state index contributed by atoms with van der Waals surface area (Å²) in [5.41, 5.74) is 1.96. The Morgan fingerprint density at radius 1 is 0.769 bits per heavy atom. The van der Waals surface area contributed by atoms with Crippen LogP contribution in [0.3, 0.4) is 0 Å². The summed E-state index contributed by atoms with van der Waals surface area (Å²) >= 11 is 0. The Labute approximate surface area is 83.1 Å². The second-order valence-corrected chi connectivity index (χ2v) is 6.84. The van der Waals surface area contributed by atoms with Gasteiger partial charge in [0.25, 0.3) is 0 Å². The van der Waals surface area contributed by atoms with Gasteiger partial charge in [-0.15, -0.1) is 0 Å². The third kappa shape index (κ3) is 1.33. The Balaban J connectivity index is 2.20. The van der Waals surface area contributed by atoms with Crippen molar-refractivity contribution in [2.75, 3.05) is 0 Å². The fourth-order valence-corrected chi connectivity index (χ4v) is 3.50. The summed E-state index contributed by atoms with van der Waals surface area (Å²) in [5, 5.41) is 0. The summed E-state index contributed by atoms with van der Waals surface area (Å²) in [6, 6.07) is 0. The van der Waals surface area contributed by atoms with Crippen molar-refractivity contribution in [1.29, 1.82) is 0 Å². The molecule has 0 N–H and O–H groups in total. The van der Waals surface area contributed by atoms with Gasteiger partial charge in [0.2, 0.25) is 0 Å². The van der Waals surface area contributed by atoms with Crippen molar-refractivity contribution >= 4 is 0 Å². The summed E-state index contributed by atoms with van der Waals surface area (Å²) in [6.45, 7) is 9.84. The van der Waals surface area contributed by atoms with Crippen LogP contribution in [-0.4, -0.2) is 0 Å². The summed E-state index contributed by atoms with van der Waals surface area (Å²) in [5.74, 6) is 0. The van der Waals surface area contributed by atoms with Crippen molar-refractivity contribution in [1.82, 2.24) is 0 Å². The van der Waals surface area contributed by atoms with Crippen LogP contribution < -0.4 is 0 Å². The second kappa shape index (κ2) is 2.52. The van der Waals surface area contributed by atoms with E-state index in [1.165, 1.54) is 38.5 Å². The quantitative estimate of drug-likeness (QED) is 0.518. The Bertz CT molecular complexity index is 182. The van der Waals surface area contributed by atoms with E-state index in [1.54, 1.807) is 0 Å². The lowest BCUT2D eigenvalue weighted by Crippen LogP contribution is -2.47. The first kappa shape index (κ1) is 9.55. The fourth-order valence-electron chi connectivity index (χ4n) is 3.50. The summed E-state index contributed by atoms with van der Waals surface area (Å²) < 4.78 is 0. The van der Waals surface area contributed by atoms with Crippen molar-refractivity contribution in [3.8, 4) is 0 Å². The highest BCUT2D eigenvalue weighted by Crippen LogP contribution is 2.62. The SMILES string of the molecule is CC12CCC(C(C)(C)C)(CC1)CC2. The minimum Gasteiger partial charge on any atom is -0.0596 e. The Morgan fingerprint density at radius 3 is 1.46 bits per heavy atom. The first-order valence-corrected chi connectivity index (χ1v) is 5.87. The van der Waals surface area contributed by atoms with Gasteiger partial charge >= 0.3 is 0 Å². The van der Waals surface area contributed by atoms with E-state index in [0.717, 1.165) is 5.41 Å². The van der Waals surface area contributed by atoms with Crippen molar-refractivity contribution in [2.24, 2.45) is 16.2 Å². The summed E-state index contributed by atoms with van der Waals surface area (Å²) in [7, 11) is 0. The molecule has 3 aliphatic rings. The van der Waals surface area contributed by atoms with Gasteiger partial charge in [0.05, 0.1) is 0 Å². The average Bonchev–Trinajstić information content (AvgIpc) is 2.04. The molecule has 0 nitrogen and oxygen atoms in total. The predicted octanol–water partition coefficient (Wildman–Crippen LogP) is 4.39. The Hall–Kier alpha value is 0. The van der Waals surface area contributed by atoms with Crippen LogP contribution in [0.25, 0.3) is 0 Å². The zero-order valence-corrected chi connectivity index (χ0v) is 9.74. The molecule has 13 heavy (non-hydrogen) atoms. The van der Waals surface area contributed by atoms with Crippen LogP contribution in [0.2, 0.25) is 0 Å². The van der Waals surface area contributed by atoms with E-state index in [1.807, 2.05) is 0 Å². The van der Waals surface area contributed by atoms with Gasteiger partial charge in [-0.25, -0.2) is 0 Å². The van der Waals surface area contributed by atoms with Gasteiger partial charge in [0, 0.05) is 0 Å². The van der Waals surface area contributed by atoms with E-state index in [9.17, 15) is 0 Å². The molecule has 0 amide bonds. The molecule has 0 aromatic carbocycles. The highest BCUT2D eigenvalue weighted by atomic mass is 14.6. The van der Waals surface area contributed by atoms with Gasteiger partial charge in [0.1, 0.15) is 0 Å². The zero-order valence-electron chi connectivity index (χ0n) is 9.74. The predicted molar refractivity (Wildman–Crippen MR) is 57.7 cm³/mol. The molecule has 3 fully saturated rings. The monoisotopic (exact) mass is 180 g/mol. The molecule has 0 atom stereocenters. The minimum absolute atomic E-state index is 0.536. The molecule has 3 saturated carbocycles. The van der Waals surface area contributed by atoms with Crippen LogP contribution >= 0.6 is 0 Å². The van der Waals surface area contributed by atoms with Gasteiger partial charge in [-0.3, -0.25) is 0 Å². The molecule has 0 heteroatoms. The average molecular weight is 180 g/mol. The van der Waals surface area contributed by atoms with E-state index >= 15 is 0 Å². The lowest BCUT2D eigenvalue weighted by atomic mass is 9.47. The van der Waals surface area contributed by atoms with Crippen LogP contribution in [0.5, 0.6) is 0 Å². The fraction of sp³-hybridized carbons (Fsp3) is 1.00. The molecule has 0 radical (unpaired) electrons. The largest absolute Gasteiger partial charge is 0.0596 e. The number of fused-ring (bicyclic) bond motifs is 3. The maximum absolute atomic E-state index is 2.50. The molecule has 0 saturated heterocycles. The third-order valence-electron chi connectivity index (χ3n) is 5.21. The van der Waals surface area contributed by atoms with Crippen LogP contribution in [0, 0.1) is 16.2 Å². The van der Waals surface area contributed by atoms with E-state index in [-0.39, 0.29) is 0 Å². The Kier molecular flexibility index (Phi) is 1.85. The van der Waals surface area contributed by atoms with E-state index in [4.69, 9.17) is 0 Å². The van der Waals surface area contributed by atoms with Gasteiger partial charge < -0.3 is 0 Å². The molecule has 0 aromatic heterocycles. The lowest BCUT2D eigenvalue weighted by molar-refractivity contribution is -0.0691. The third-order valence-corrected chi connectivity index (χ3v) is 5.21. The van der Waals surface area contributed by atoms with Crippen LogP contribution in [0.4, 0.5) is 0 Å². The van der Waals surface area contributed by atoms with Crippen LogP contribution in [-0.2, 0) is 0 Å². The smallest absolute Gasteiger partial charge is 0.0248 e. The minimum atomic E-state index is 0.536. The topological polar surface area (TPSA) is 0 Å². The van der Waals surface area contributed by atoms with Crippen molar-refractivity contribution in [3.63, 3.8) is 0 Å². The highest BCUT2D eigenvalue weighted by Gasteiger charge is 2.51. The molecule has 0 heterocycles. The molecule has 0 unspecified atom stereocenters.